The molecule has 0 aliphatic heterocycles. The van der Waals surface area contributed by atoms with Crippen molar-refractivity contribution in [2.75, 3.05) is 14.2 Å². The molecule has 0 bridgehead atoms. The van der Waals surface area contributed by atoms with Gasteiger partial charge in [-0.15, -0.1) is 16.4 Å². The van der Waals surface area contributed by atoms with Crippen molar-refractivity contribution in [1.29, 1.82) is 5.26 Å². The molecule has 3 aromatic heterocycles. The van der Waals surface area contributed by atoms with Crippen LogP contribution < -0.4 is 9.47 Å². The second-order valence-corrected chi connectivity index (χ2v) is 8.12. The van der Waals surface area contributed by atoms with Gasteiger partial charge in [-0.1, -0.05) is 5.21 Å². The summed E-state index contributed by atoms with van der Waals surface area (Å²) in [7, 11) is 2.99. The minimum atomic E-state index is -0.937. The molecule has 30 heavy (non-hydrogen) atoms. The van der Waals surface area contributed by atoms with Crippen LogP contribution >= 0.6 is 11.3 Å². The number of nitriles is 1. The van der Waals surface area contributed by atoms with Crippen molar-refractivity contribution in [2.45, 2.75) is 24.9 Å². The molecule has 10 heteroatoms. The lowest BCUT2D eigenvalue weighted by molar-refractivity contribution is 0.208. The van der Waals surface area contributed by atoms with Crippen LogP contribution in [0, 0.1) is 11.3 Å². The summed E-state index contributed by atoms with van der Waals surface area (Å²) in [6.07, 6.45) is 6.50. The minimum absolute atomic E-state index is 0.318. The Morgan fingerprint density at radius 1 is 1.30 bits per heavy atom. The predicted octanol–water partition coefficient (Wildman–Crippen LogP) is 2.82. The maximum Gasteiger partial charge on any atom is 0.178 e. The molecule has 1 fully saturated rings. The first-order valence-corrected chi connectivity index (χ1v) is 10.2. The van der Waals surface area contributed by atoms with E-state index in [2.05, 4.69) is 21.4 Å². The van der Waals surface area contributed by atoms with E-state index in [1.807, 2.05) is 4.40 Å². The number of hydrogen-bond acceptors (Lipinski definition) is 8. The lowest BCUT2D eigenvalue weighted by atomic mass is 10.1. The molecule has 0 saturated heterocycles. The molecule has 0 spiro atoms. The van der Waals surface area contributed by atoms with Crippen LogP contribution in [0.4, 0.5) is 0 Å². The first kappa shape index (κ1) is 18.6. The van der Waals surface area contributed by atoms with Gasteiger partial charge in [0.1, 0.15) is 29.0 Å². The molecule has 1 unspecified atom stereocenters. The van der Waals surface area contributed by atoms with Crippen molar-refractivity contribution in [3.8, 4) is 23.3 Å². The number of imidazole rings is 1. The summed E-state index contributed by atoms with van der Waals surface area (Å²) in [5.41, 5.74) is 2.11. The van der Waals surface area contributed by atoms with Gasteiger partial charge in [0.05, 0.1) is 43.6 Å². The fourth-order valence-electron chi connectivity index (χ4n) is 3.56. The standard InChI is InChI=1S/C20H18N6O3S/c1-28-15-6-13(5-12(7-21)19(15)29-2)26-9-14(23-24-26)18(27)17-20(11-3-4-11)30-16-8-22-10-25(16)17/h5-6,8-11,18,27H,3-4H2,1-2H3. The van der Waals surface area contributed by atoms with Crippen molar-refractivity contribution >= 4 is 16.2 Å². The number of hydrogen-bond donors (Lipinski definition) is 1. The van der Waals surface area contributed by atoms with Crippen molar-refractivity contribution < 1.29 is 14.6 Å². The zero-order chi connectivity index (χ0) is 20.8. The van der Waals surface area contributed by atoms with Gasteiger partial charge in [0.2, 0.25) is 0 Å². The van der Waals surface area contributed by atoms with Crippen LogP contribution in [-0.2, 0) is 0 Å². The zero-order valence-electron chi connectivity index (χ0n) is 16.3. The van der Waals surface area contributed by atoms with Crippen LogP contribution in [0.25, 0.3) is 10.5 Å². The van der Waals surface area contributed by atoms with E-state index < -0.39 is 6.10 Å². The Bertz CT molecular complexity index is 1280. The van der Waals surface area contributed by atoms with Gasteiger partial charge in [0, 0.05) is 10.9 Å². The highest BCUT2D eigenvalue weighted by molar-refractivity contribution is 7.17. The monoisotopic (exact) mass is 422 g/mol. The summed E-state index contributed by atoms with van der Waals surface area (Å²) >= 11 is 1.66. The summed E-state index contributed by atoms with van der Waals surface area (Å²) < 4.78 is 14.1. The number of fused-ring (bicyclic) bond motifs is 1. The van der Waals surface area contributed by atoms with Crippen molar-refractivity contribution in [1.82, 2.24) is 24.4 Å². The number of aliphatic hydroxyl groups excluding tert-OH is 1. The smallest absolute Gasteiger partial charge is 0.178 e. The molecule has 1 atom stereocenters. The number of aromatic nitrogens is 5. The van der Waals surface area contributed by atoms with Crippen LogP contribution in [0.1, 0.15) is 46.7 Å². The molecule has 1 aliphatic carbocycles. The first-order chi connectivity index (χ1) is 14.6. The van der Waals surface area contributed by atoms with E-state index >= 15 is 0 Å². The molecular weight excluding hydrogens is 404 g/mol. The predicted molar refractivity (Wildman–Crippen MR) is 108 cm³/mol. The molecule has 4 aromatic rings. The maximum absolute atomic E-state index is 11.1. The number of methoxy groups -OCH3 is 2. The summed E-state index contributed by atoms with van der Waals surface area (Å²) in [5, 5.41) is 28.9. The van der Waals surface area contributed by atoms with Gasteiger partial charge in [-0.2, -0.15) is 5.26 Å². The molecule has 1 saturated carbocycles. The third kappa shape index (κ3) is 2.91. The third-order valence-electron chi connectivity index (χ3n) is 5.18. The number of nitrogens with zero attached hydrogens (tertiary/aromatic N) is 6. The van der Waals surface area contributed by atoms with Gasteiger partial charge >= 0.3 is 0 Å². The van der Waals surface area contributed by atoms with Crippen LogP contribution in [0.15, 0.2) is 30.9 Å². The third-order valence-corrected chi connectivity index (χ3v) is 6.45. The summed E-state index contributed by atoms with van der Waals surface area (Å²) in [6.45, 7) is 0. The van der Waals surface area contributed by atoms with Gasteiger partial charge < -0.3 is 14.6 Å². The van der Waals surface area contributed by atoms with E-state index in [1.165, 1.54) is 23.8 Å². The second-order valence-electron chi connectivity index (χ2n) is 7.06. The average molecular weight is 422 g/mol. The summed E-state index contributed by atoms with van der Waals surface area (Å²) in [5.74, 6) is 1.26. The Morgan fingerprint density at radius 3 is 2.83 bits per heavy atom. The Balaban J connectivity index is 1.55. The highest BCUT2D eigenvalue weighted by atomic mass is 32.1. The summed E-state index contributed by atoms with van der Waals surface area (Å²) in [6, 6.07) is 5.45. The van der Waals surface area contributed by atoms with E-state index in [0.29, 0.717) is 34.4 Å². The van der Waals surface area contributed by atoms with Crippen LogP contribution in [0.2, 0.25) is 0 Å². The summed E-state index contributed by atoms with van der Waals surface area (Å²) in [4.78, 5) is 6.36. The molecule has 152 valence electrons. The highest BCUT2D eigenvalue weighted by Gasteiger charge is 2.33. The lowest BCUT2D eigenvalue weighted by Gasteiger charge is -2.11. The van der Waals surface area contributed by atoms with Gasteiger partial charge in [-0.25, -0.2) is 9.67 Å². The van der Waals surface area contributed by atoms with Gasteiger partial charge in [0.15, 0.2) is 11.5 Å². The van der Waals surface area contributed by atoms with Crippen LogP contribution in [0.5, 0.6) is 11.5 Å². The van der Waals surface area contributed by atoms with Crippen molar-refractivity contribution in [3.05, 3.63) is 52.7 Å². The molecular formula is C20H18N6O3S. The van der Waals surface area contributed by atoms with Crippen molar-refractivity contribution in [3.63, 3.8) is 0 Å². The molecule has 1 aromatic carbocycles. The number of rotatable bonds is 6. The van der Waals surface area contributed by atoms with E-state index in [4.69, 9.17) is 9.47 Å². The topological polar surface area (TPSA) is 110 Å². The van der Waals surface area contributed by atoms with Crippen molar-refractivity contribution in [2.24, 2.45) is 0 Å². The number of ether oxygens (including phenoxy) is 2. The van der Waals surface area contributed by atoms with E-state index in [9.17, 15) is 10.4 Å². The largest absolute Gasteiger partial charge is 0.493 e. The van der Waals surface area contributed by atoms with Gasteiger partial charge in [-0.3, -0.25) is 4.40 Å². The number of aliphatic hydroxyl groups is 1. The fourth-order valence-corrected chi connectivity index (χ4v) is 4.86. The van der Waals surface area contributed by atoms with Gasteiger partial charge in [-0.05, 0) is 24.8 Å². The zero-order valence-corrected chi connectivity index (χ0v) is 17.1. The van der Waals surface area contributed by atoms with Crippen LogP contribution in [0.3, 0.4) is 0 Å². The molecule has 0 amide bonds. The molecule has 0 radical (unpaired) electrons. The Labute approximate surface area is 175 Å². The highest BCUT2D eigenvalue weighted by Crippen LogP contribution is 2.47. The minimum Gasteiger partial charge on any atom is -0.493 e. The molecule has 5 rings (SSSR count). The quantitative estimate of drug-likeness (QED) is 0.509. The Kier molecular flexibility index (Phi) is 4.42. The Hall–Kier alpha value is -3.42. The SMILES string of the molecule is COc1cc(-n2cc(C(O)c3c(C4CC4)sc4cncn34)nn2)cc(C#N)c1OC. The van der Waals surface area contributed by atoms with E-state index in [1.54, 1.807) is 42.2 Å². The fraction of sp³-hybridized carbons (Fsp3) is 0.300. The second kappa shape index (κ2) is 7.12. The number of benzene rings is 1. The molecule has 3 heterocycles. The van der Waals surface area contributed by atoms with E-state index in [-0.39, 0.29) is 0 Å². The lowest BCUT2D eigenvalue weighted by Crippen LogP contribution is -2.06. The molecule has 1 N–H and O–H groups in total. The maximum atomic E-state index is 11.1. The Morgan fingerprint density at radius 2 is 2.13 bits per heavy atom. The number of thiazole rings is 1. The van der Waals surface area contributed by atoms with E-state index in [0.717, 1.165) is 23.4 Å². The normalized spacial score (nSPS) is 14.6. The first-order valence-electron chi connectivity index (χ1n) is 9.36. The average Bonchev–Trinajstić information content (AvgIpc) is 3.16. The molecule has 1 aliphatic rings. The van der Waals surface area contributed by atoms with Gasteiger partial charge in [0.25, 0.3) is 0 Å². The van der Waals surface area contributed by atoms with Crippen LogP contribution in [-0.4, -0.2) is 43.7 Å². The molecule has 9 nitrogen and oxygen atoms in total.